The molecule has 30 heavy (non-hydrogen) atoms. The highest BCUT2D eigenvalue weighted by Crippen LogP contribution is 2.35. The summed E-state index contributed by atoms with van der Waals surface area (Å²) in [6.07, 6.45) is 7.35. The first-order valence-electron chi connectivity index (χ1n) is 10.7. The van der Waals surface area contributed by atoms with Crippen LogP contribution in [0.3, 0.4) is 0 Å². The Morgan fingerprint density at radius 1 is 1.07 bits per heavy atom. The summed E-state index contributed by atoms with van der Waals surface area (Å²) in [5, 5.41) is 2.16. The number of aromatic nitrogens is 1. The van der Waals surface area contributed by atoms with E-state index >= 15 is 0 Å². The molecule has 1 fully saturated rings. The standard InChI is InChI=1S/C25H28N2O2S/c1-3-7-21-14-19(10-11-26-21)24-16-20(17-30-24)18-8-9-22(23(15-18)29-2)25(28)27-12-5-4-6-13-27/h8-11,14-17H,3-7,12-13H2,1-2H3. The van der Waals surface area contributed by atoms with Crippen LogP contribution in [-0.4, -0.2) is 36.0 Å². The smallest absolute Gasteiger partial charge is 0.257 e. The number of aryl methyl sites for hydroxylation is 1. The van der Waals surface area contributed by atoms with E-state index in [1.54, 1.807) is 18.4 Å². The van der Waals surface area contributed by atoms with E-state index < -0.39 is 0 Å². The average Bonchev–Trinajstić information content (AvgIpc) is 3.30. The van der Waals surface area contributed by atoms with Crippen molar-refractivity contribution < 1.29 is 9.53 Å². The molecule has 2 aromatic heterocycles. The van der Waals surface area contributed by atoms with Gasteiger partial charge in [-0.3, -0.25) is 9.78 Å². The molecule has 0 saturated carbocycles. The van der Waals surface area contributed by atoms with E-state index in [9.17, 15) is 4.79 Å². The molecule has 1 aliphatic rings. The van der Waals surface area contributed by atoms with Gasteiger partial charge in [0, 0.05) is 29.9 Å². The second-order valence-corrected chi connectivity index (χ2v) is 8.66. The fourth-order valence-electron chi connectivity index (χ4n) is 3.98. The van der Waals surface area contributed by atoms with Gasteiger partial charge in [0.15, 0.2) is 0 Å². The number of hydrogen-bond acceptors (Lipinski definition) is 4. The number of methoxy groups -OCH3 is 1. The second kappa shape index (κ2) is 9.43. The van der Waals surface area contributed by atoms with Crippen LogP contribution in [0.4, 0.5) is 0 Å². The number of likely N-dealkylation sites (tertiary alicyclic amines) is 1. The Hall–Kier alpha value is -2.66. The highest BCUT2D eigenvalue weighted by molar-refractivity contribution is 7.14. The Kier molecular flexibility index (Phi) is 6.48. The third kappa shape index (κ3) is 4.41. The summed E-state index contributed by atoms with van der Waals surface area (Å²) < 4.78 is 5.60. The number of pyridine rings is 1. The summed E-state index contributed by atoms with van der Waals surface area (Å²) in [7, 11) is 1.64. The Bertz CT molecular complexity index is 1020. The van der Waals surface area contributed by atoms with Crippen LogP contribution in [0.15, 0.2) is 48.0 Å². The van der Waals surface area contributed by atoms with E-state index in [0.717, 1.165) is 55.6 Å². The summed E-state index contributed by atoms with van der Waals surface area (Å²) in [6, 6.07) is 12.4. The van der Waals surface area contributed by atoms with Crippen molar-refractivity contribution in [1.82, 2.24) is 9.88 Å². The second-order valence-electron chi connectivity index (χ2n) is 7.75. The van der Waals surface area contributed by atoms with Gasteiger partial charge in [-0.05, 0) is 78.1 Å². The molecule has 156 valence electrons. The van der Waals surface area contributed by atoms with E-state index in [4.69, 9.17) is 4.74 Å². The molecule has 0 unspecified atom stereocenters. The lowest BCUT2D eigenvalue weighted by Gasteiger charge is -2.27. The maximum Gasteiger partial charge on any atom is 0.257 e. The number of carbonyl (C=O) groups is 1. The number of thiophene rings is 1. The van der Waals surface area contributed by atoms with Crippen molar-refractivity contribution in [2.24, 2.45) is 0 Å². The minimum absolute atomic E-state index is 0.0735. The van der Waals surface area contributed by atoms with Crippen molar-refractivity contribution in [3.05, 3.63) is 59.2 Å². The van der Waals surface area contributed by atoms with Gasteiger partial charge in [0.1, 0.15) is 5.75 Å². The zero-order valence-electron chi connectivity index (χ0n) is 17.7. The van der Waals surface area contributed by atoms with Gasteiger partial charge in [-0.2, -0.15) is 0 Å². The molecule has 3 aromatic rings. The number of hydrogen-bond donors (Lipinski definition) is 0. The molecule has 1 amide bonds. The molecule has 1 saturated heterocycles. The topological polar surface area (TPSA) is 42.4 Å². The Labute approximate surface area is 182 Å². The average molecular weight is 421 g/mol. The summed E-state index contributed by atoms with van der Waals surface area (Å²) >= 11 is 1.73. The number of carbonyl (C=O) groups excluding carboxylic acids is 1. The summed E-state index contributed by atoms with van der Waals surface area (Å²) in [6.45, 7) is 3.85. The van der Waals surface area contributed by atoms with Gasteiger partial charge < -0.3 is 9.64 Å². The molecule has 1 aromatic carbocycles. The van der Waals surface area contributed by atoms with Crippen LogP contribution in [0.5, 0.6) is 5.75 Å². The number of nitrogens with zero attached hydrogens (tertiary/aromatic N) is 2. The van der Waals surface area contributed by atoms with Gasteiger partial charge in [-0.15, -0.1) is 11.3 Å². The van der Waals surface area contributed by atoms with Crippen molar-refractivity contribution in [1.29, 1.82) is 0 Å². The molecule has 0 radical (unpaired) electrons. The first-order chi connectivity index (χ1) is 14.7. The van der Waals surface area contributed by atoms with E-state index in [2.05, 4.69) is 35.5 Å². The lowest BCUT2D eigenvalue weighted by molar-refractivity contribution is 0.0721. The van der Waals surface area contributed by atoms with Crippen molar-refractivity contribution in [3.8, 4) is 27.3 Å². The highest BCUT2D eigenvalue weighted by Gasteiger charge is 2.22. The number of piperidine rings is 1. The quantitative estimate of drug-likeness (QED) is 0.486. The third-order valence-corrected chi connectivity index (χ3v) is 6.59. The summed E-state index contributed by atoms with van der Waals surface area (Å²) in [5.74, 6) is 0.717. The van der Waals surface area contributed by atoms with Crippen LogP contribution >= 0.6 is 11.3 Å². The summed E-state index contributed by atoms with van der Waals surface area (Å²) in [4.78, 5) is 20.6. The van der Waals surface area contributed by atoms with Crippen molar-refractivity contribution >= 4 is 17.2 Å². The van der Waals surface area contributed by atoms with E-state index in [0.29, 0.717) is 11.3 Å². The van der Waals surface area contributed by atoms with Crippen LogP contribution in [0, 0.1) is 0 Å². The highest BCUT2D eigenvalue weighted by atomic mass is 32.1. The molecule has 0 aliphatic carbocycles. The largest absolute Gasteiger partial charge is 0.496 e. The zero-order chi connectivity index (χ0) is 20.9. The van der Waals surface area contributed by atoms with Crippen LogP contribution in [0.2, 0.25) is 0 Å². The van der Waals surface area contributed by atoms with E-state index in [-0.39, 0.29) is 5.91 Å². The van der Waals surface area contributed by atoms with E-state index in [1.165, 1.54) is 16.9 Å². The predicted molar refractivity (Wildman–Crippen MR) is 123 cm³/mol. The first kappa shape index (κ1) is 20.6. The summed E-state index contributed by atoms with van der Waals surface area (Å²) in [5.41, 5.74) is 5.18. The third-order valence-electron chi connectivity index (χ3n) is 5.62. The van der Waals surface area contributed by atoms with Crippen LogP contribution in [0.25, 0.3) is 21.6 Å². The number of amides is 1. The number of rotatable bonds is 6. The van der Waals surface area contributed by atoms with Crippen LogP contribution in [-0.2, 0) is 6.42 Å². The van der Waals surface area contributed by atoms with Crippen molar-refractivity contribution in [3.63, 3.8) is 0 Å². The Balaban J connectivity index is 1.59. The molecule has 4 nitrogen and oxygen atoms in total. The molecule has 1 aliphatic heterocycles. The van der Waals surface area contributed by atoms with Crippen LogP contribution in [0.1, 0.15) is 48.7 Å². The monoisotopic (exact) mass is 420 g/mol. The molecule has 0 atom stereocenters. The fraction of sp³-hybridized carbons (Fsp3) is 0.360. The maximum atomic E-state index is 12.9. The number of benzene rings is 1. The lowest BCUT2D eigenvalue weighted by Crippen LogP contribution is -2.35. The van der Waals surface area contributed by atoms with Gasteiger partial charge >= 0.3 is 0 Å². The maximum absolute atomic E-state index is 12.9. The Morgan fingerprint density at radius 2 is 1.90 bits per heavy atom. The normalized spacial score (nSPS) is 14.0. The number of ether oxygens (including phenoxy) is 1. The minimum atomic E-state index is 0.0735. The SMILES string of the molecule is CCCc1cc(-c2cc(-c3ccc(C(=O)N4CCCCC4)c(OC)c3)cs2)ccn1. The predicted octanol–water partition coefficient (Wildman–Crippen LogP) is 6.06. The van der Waals surface area contributed by atoms with E-state index in [1.807, 2.05) is 29.3 Å². The van der Waals surface area contributed by atoms with Crippen molar-refractivity contribution in [2.45, 2.75) is 39.0 Å². The molecule has 0 bridgehead atoms. The van der Waals surface area contributed by atoms with Gasteiger partial charge in [-0.25, -0.2) is 0 Å². The van der Waals surface area contributed by atoms with Gasteiger partial charge in [-0.1, -0.05) is 19.4 Å². The Morgan fingerprint density at radius 3 is 2.67 bits per heavy atom. The lowest BCUT2D eigenvalue weighted by atomic mass is 10.0. The minimum Gasteiger partial charge on any atom is -0.496 e. The fourth-order valence-corrected chi connectivity index (χ4v) is 4.89. The van der Waals surface area contributed by atoms with Crippen molar-refractivity contribution in [2.75, 3.05) is 20.2 Å². The van der Waals surface area contributed by atoms with Gasteiger partial charge in [0.2, 0.25) is 0 Å². The van der Waals surface area contributed by atoms with Gasteiger partial charge in [0.25, 0.3) is 5.91 Å². The molecule has 0 spiro atoms. The molecular formula is C25H28N2O2S. The molecule has 5 heteroatoms. The zero-order valence-corrected chi connectivity index (χ0v) is 18.5. The molecular weight excluding hydrogens is 392 g/mol. The molecule has 4 rings (SSSR count). The van der Waals surface area contributed by atoms with Crippen LogP contribution < -0.4 is 4.74 Å². The molecule has 3 heterocycles. The first-order valence-corrected chi connectivity index (χ1v) is 11.6. The molecule has 0 N–H and O–H groups in total. The van der Waals surface area contributed by atoms with Gasteiger partial charge in [0.05, 0.1) is 12.7 Å².